The Hall–Kier alpha value is -1.82. The van der Waals surface area contributed by atoms with E-state index in [1.54, 1.807) is 0 Å². The first-order valence-corrected chi connectivity index (χ1v) is 18.4. The normalized spacial score (nSPS) is 12.4. The molecule has 1 atom stereocenters. The third-order valence-corrected chi connectivity index (χ3v) is 7.94. The highest BCUT2D eigenvalue weighted by atomic mass is 16.7. The van der Waals surface area contributed by atoms with Gasteiger partial charge in [-0.05, 0) is 65.5 Å². The zero-order valence-electron chi connectivity index (χ0n) is 29.5. The van der Waals surface area contributed by atoms with Crippen molar-refractivity contribution in [1.29, 1.82) is 0 Å². The Kier molecular flexibility index (Phi) is 32.7. The van der Waals surface area contributed by atoms with Gasteiger partial charge in [0.15, 0.2) is 0 Å². The fraction of sp³-hybridized carbons (Fsp3) is 0.842. The van der Waals surface area contributed by atoms with Crippen molar-refractivity contribution in [3.8, 4) is 0 Å². The van der Waals surface area contributed by atoms with Gasteiger partial charge in [0.2, 0.25) is 0 Å². The number of esters is 1. The van der Waals surface area contributed by atoms with Crippen LogP contribution in [0.2, 0.25) is 0 Å². The smallest absolute Gasteiger partial charge is 0.466 e. The molecule has 0 aromatic carbocycles. The van der Waals surface area contributed by atoms with Crippen molar-refractivity contribution in [3.63, 3.8) is 0 Å². The number of carbonyl (C=O) groups excluding carboxylic acids is 2. The van der Waals surface area contributed by atoms with E-state index in [1.807, 2.05) is 19.0 Å². The van der Waals surface area contributed by atoms with E-state index in [0.29, 0.717) is 26.0 Å². The molecule has 0 aliphatic carbocycles. The predicted molar refractivity (Wildman–Crippen MR) is 186 cm³/mol. The van der Waals surface area contributed by atoms with E-state index >= 15 is 0 Å². The SMILES string of the molecule is CCCCC/C=C\C/C=C\CCCCCCCC(=O)OCCC(CCCCCCCCCCCC)OC(=O)OCCN(C)C. The Bertz CT molecular complexity index is 691. The van der Waals surface area contributed by atoms with E-state index in [1.165, 1.54) is 89.9 Å². The number of hydrogen-bond donors (Lipinski definition) is 0. The van der Waals surface area contributed by atoms with Crippen LogP contribution in [0.4, 0.5) is 4.79 Å². The minimum absolute atomic E-state index is 0.151. The Morgan fingerprint density at radius 1 is 0.591 bits per heavy atom. The maximum Gasteiger partial charge on any atom is 0.508 e. The van der Waals surface area contributed by atoms with Crippen LogP contribution in [0.3, 0.4) is 0 Å². The molecule has 0 aliphatic heterocycles. The Morgan fingerprint density at radius 2 is 1.11 bits per heavy atom. The molecule has 0 N–H and O–H groups in total. The first kappa shape index (κ1) is 42.2. The van der Waals surface area contributed by atoms with Crippen LogP contribution < -0.4 is 0 Å². The summed E-state index contributed by atoms with van der Waals surface area (Å²) in [6.07, 6.45) is 35.5. The molecule has 0 rings (SSSR count). The molecule has 0 heterocycles. The van der Waals surface area contributed by atoms with E-state index in [0.717, 1.165) is 51.4 Å². The third-order valence-electron chi connectivity index (χ3n) is 7.94. The average molecular weight is 622 g/mol. The second-order valence-electron chi connectivity index (χ2n) is 12.6. The molecule has 1 unspecified atom stereocenters. The van der Waals surface area contributed by atoms with Crippen LogP contribution in [0, 0.1) is 0 Å². The van der Waals surface area contributed by atoms with Gasteiger partial charge < -0.3 is 19.1 Å². The molecule has 258 valence electrons. The topological polar surface area (TPSA) is 65.1 Å². The highest BCUT2D eigenvalue weighted by Gasteiger charge is 2.17. The summed E-state index contributed by atoms with van der Waals surface area (Å²) in [7, 11) is 3.87. The van der Waals surface area contributed by atoms with E-state index in [-0.39, 0.29) is 18.7 Å². The van der Waals surface area contributed by atoms with Crippen molar-refractivity contribution in [1.82, 2.24) is 4.90 Å². The lowest BCUT2D eigenvalue weighted by molar-refractivity contribution is -0.144. The summed E-state index contributed by atoms with van der Waals surface area (Å²) >= 11 is 0. The summed E-state index contributed by atoms with van der Waals surface area (Å²) in [6.45, 7) is 5.74. The van der Waals surface area contributed by atoms with Gasteiger partial charge in [0.1, 0.15) is 12.7 Å². The molecule has 6 heteroatoms. The van der Waals surface area contributed by atoms with Crippen LogP contribution in [0.5, 0.6) is 0 Å². The van der Waals surface area contributed by atoms with Crippen molar-refractivity contribution in [2.75, 3.05) is 33.9 Å². The first-order chi connectivity index (χ1) is 21.5. The van der Waals surface area contributed by atoms with Gasteiger partial charge in [-0.1, -0.05) is 128 Å². The number of rotatable bonds is 32. The van der Waals surface area contributed by atoms with Gasteiger partial charge in [0.25, 0.3) is 0 Å². The lowest BCUT2D eigenvalue weighted by Gasteiger charge is -2.18. The van der Waals surface area contributed by atoms with E-state index < -0.39 is 6.16 Å². The van der Waals surface area contributed by atoms with Crippen molar-refractivity contribution < 1.29 is 23.8 Å². The second kappa shape index (κ2) is 34.1. The van der Waals surface area contributed by atoms with Gasteiger partial charge in [-0.3, -0.25) is 4.79 Å². The molecule has 0 aromatic heterocycles. The Morgan fingerprint density at radius 3 is 1.73 bits per heavy atom. The zero-order chi connectivity index (χ0) is 32.4. The largest absolute Gasteiger partial charge is 0.508 e. The molecular formula is C38H71NO5. The summed E-state index contributed by atoms with van der Waals surface area (Å²) in [5.74, 6) is -0.151. The maximum absolute atomic E-state index is 12.3. The monoisotopic (exact) mass is 622 g/mol. The van der Waals surface area contributed by atoms with Crippen LogP contribution >= 0.6 is 0 Å². The van der Waals surface area contributed by atoms with Crippen molar-refractivity contribution >= 4 is 12.1 Å². The van der Waals surface area contributed by atoms with Crippen LogP contribution in [0.15, 0.2) is 24.3 Å². The summed E-state index contributed by atoms with van der Waals surface area (Å²) in [6, 6.07) is 0. The fourth-order valence-electron chi connectivity index (χ4n) is 5.06. The lowest BCUT2D eigenvalue weighted by Crippen LogP contribution is -2.25. The van der Waals surface area contributed by atoms with Gasteiger partial charge in [0.05, 0.1) is 6.61 Å². The van der Waals surface area contributed by atoms with Gasteiger partial charge in [-0.25, -0.2) is 4.79 Å². The minimum atomic E-state index is -0.625. The third kappa shape index (κ3) is 33.1. The van der Waals surface area contributed by atoms with E-state index in [2.05, 4.69) is 38.2 Å². The standard InChI is InChI=1S/C38H71NO5/c1-5-7-9-11-13-15-17-18-19-20-21-23-25-27-29-31-37(40)42-34-32-36(44-38(41)43-35-33-39(3)4)30-28-26-24-22-16-14-12-10-8-6-2/h13,15,18-19,36H,5-12,14,16-17,20-35H2,1-4H3/b15-13-,19-18-. The predicted octanol–water partition coefficient (Wildman–Crippen LogP) is 11.1. The van der Waals surface area contributed by atoms with Crippen LogP contribution in [-0.4, -0.2) is 57.0 Å². The van der Waals surface area contributed by atoms with Gasteiger partial charge in [-0.2, -0.15) is 0 Å². The molecule has 44 heavy (non-hydrogen) atoms. The molecule has 0 radical (unpaired) electrons. The number of nitrogens with zero attached hydrogens (tertiary/aromatic N) is 1. The van der Waals surface area contributed by atoms with Crippen molar-refractivity contribution in [2.24, 2.45) is 0 Å². The Balaban J connectivity index is 4.03. The van der Waals surface area contributed by atoms with Crippen molar-refractivity contribution in [2.45, 2.75) is 174 Å². The molecule has 0 spiro atoms. The van der Waals surface area contributed by atoms with Crippen molar-refractivity contribution in [3.05, 3.63) is 24.3 Å². The molecule has 0 aliphatic rings. The molecule has 0 fully saturated rings. The van der Waals surface area contributed by atoms with E-state index in [9.17, 15) is 9.59 Å². The van der Waals surface area contributed by atoms with Crippen LogP contribution in [0.25, 0.3) is 0 Å². The first-order valence-electron chi connectivity index (χ1n) is 18.4. The Labute approximate surface area is 272 Å². The highest BCUT2D eigenvalue weighted by molar-refractivity contribution is 5.69. The summed E-state index contributed by atoms with van der Waals surface area (Å²) < 4.78 is 16.3. The van der Waals surface area contributed by atoms with Gasteiger partial charge >= 0.3 is 12.1 Å². The number of ether oxygens (including phenoxy) is 3. The number of carbonyl (C=O) groups is 2. The molecule has 0 bridgehead atoms. The lowest BCUT2D eigenvalue weighted by atomic mass is 10.0. The molecule has 0 saturated heterocycles. The molecule has 6 nitrogen and oxygen atoms in total. The maximum atomic E-state index is 12.3. The van der Waals surface area contributed by atoms with Crippen LogP contribution in [-0.2, 0) is 19.0 Å². The zero-order valence-corrected chi connectivity index (χ0v) is 29.5. The highest BCUT2D eigenvalue weighted by Crippen LogP contribution is 2.16. The van der Waals surface area contributed by atoms with Gasteiger partial charge in [0, 0.05) is 19.4 Å². The second-order valence-corrected chi connectivity index (χ2v) is 12.6. The summed E-state index contributed by atoms with van der Waals surface area (Å²) in [5, 5.41) is 0. The van der Waals surface area contributed by atoms with Gasteiger partial charge in [-0.15, -0.1) is 0 Å². The molecule has 0 amide bonds. The molecule has 0 saturated carbocycles. The summed E-state index contributed by atoms with van der Waals surface area (Å²) in [5.41, 5.74) is 0. The molecular weight excluding hydrogens is 550 g/mol. The summed E-state index contributed by atoms with van der Waals surface area (Å²) in [4.78, 5) is 26.4. The number of likely N-dealkylation sites (N-methyl/N-ethyl adjacent to an activating group) is 1. The number of unbranched alkanes of at least 4 members (excludes halogenated alkanes) is 17. The minimum Gasteiger partial charge on any atom is -0.466 e. The average Bonchev–Trinajstić information content (AvgIpc) is 2.99. The quantitative estimate of drug-likeness (QED) is 0.0423. The van der Waals surface area contributed by atoms with Crippen LogP contribution in [0.1, 0.15) is 168 Å². The van der Waals surface area contributed by atoms with E-state index in [4.69, 9.17) is 14.2 Å². The number of allylic oxidation sites excluding steroid dienone is 4. The molecule has 0 aromatic rings. The fourth-order valence-corrected chi connectivity index (χ4v) is 5.06. The number of hydrogen-bond acceptors (Lipinski definition) is 6.